The van der Waals surface area contributed by atoms with Gasteiger partial charge in [0.1, 0.15) is 35.6 Å². The van der Waals surface area contributed by atoms with Crippen LogP contribution in [0.3, 0.4) is 0 Å². The average Bonchev–Trinajstić information content (AvgIpc) is 2.98. The average molecular weight is 612 g/mol. The molecule has 230 valence electrons. The summed E-state index contributed by atoms with van der Waals surface area (Å²) in [5.41, 5.74) is -0.0560. The molecule has 0 amide bonds. The zero-order valence-corrected chi connectivity index (χ0v) is 22.5. The molecule has 5 rings (SSSR count). The van der Waals surface area contributed by atoms with Gasteiger partial charge in [-0.15, -0.1) is 0 Å². The first-order valence-corrected chi connectivity index (χ1v) is 13.0. The van der Waals surface area contributed by atoms with E-state index in [0.29, 0.717) is 5.56 Å². The van der Waals surface area contributed by atoms with Gasteiger partial charge in [0.2, 0.25) is 12.9 Å². The Morgan fingerprint density at radius 2 is 1.55 bits per heavy atom. The quantitative estimate of drug-likeness (QED) is 0.0638. The van der Waals surface area contributed by atoms with E-state index in [9.17, 15) is 50.4 Å². The minimum atomic E-state index is -1.85. The van der Waals surface area contributed by atoms with Gasteiger partial charge in [0, 0.05) is 17.7 Å². The third kappa shape index (κ3) is 6.23. The Morgan fingerprint density at radius 3 is 2.23 bits per heavy atom. The van der Waals surface area contributed by atoms with Crippen molar-refractivity contribution >= 4 is 12.0 Å². The largest absolute Gasteiger partial charge is 0.510 e. The van der Waals surface area contributed by atoms with Gasteiger partial charge in [-0.1, -0.05) is 12.1 Å². The lowest BCUT2D eigenvalue weighted by Gasteiger charge is -2.39. The van der Waals surface area contributed by atoms with Crippen LogP contribution >= 0.6 is 0 Å². The van der Waals surface area contributed by atoms with Crippen LogP contribution in [0.4, 0.5) is 0 Å². The minimum absolute atomic E-state index is 0.0127. The van der Waals surface area contributed by atoms with Crippen LogP contribution in [0.5, 0.6) is 34.5 Å². The summed E-state index contributed by atoms with van der Waals surface area (Å²) in [5, 5.41) is 81.3. The number of carbonyl (C=O) groups excluding carboxylic acids is 1. The maximum atomic E-state index is 12.0. The van der Waals surface area contributed by atoms with Gasteiger partial charge in [-0.05, 0) is 42.0 Å². The van der Waals surface area contributed by atoms with Crippen LogP contribution in [0.2, 0.25) is 0 Å². The van der Waals surface area contributed by atoms with Gasteiger partial charge in [-0.3, -0.25) is 4.79 Å². The predicted octanol–water partition coefficient (Wildman–Crippen LogP) is 1.36. The standard InChI is InChI=1S/C30H26O14/c31-15-4-1-13(2-5-15)3-6-24(36)41-12-23-26(38)27(39)28(40)30(44-23)43-22-11-17-18(33)9-16(32)10-21(17)42-29(22)14-7-19(34)25(37)20(35)8-14/h1-11,23,26-28,30-31,33-35,37-40H,12H2/p+1/t23-,26-,27+,28-,30+/m0/s1. The van der Waals surface area contributed by atoms with Crippen LogP contribution in [0, 0.1) is 0 Å². The molecule has 0 radical (unpaired) electrons. The number of benzene rings is 3. The van der Waals surface area contributed by atoms with Crippen molar-refractivity contribution in [3.05, 3.63) is 76.5 Å². The SMILES string of the molecule is O=c1cc2oc(-c3cc(O)c(O)c(O)c3)c(O[C@@H]3O[C@@H](COC(=[OH+])C=Cc4ccc(O)cc4)[C@H](O)[C@@H](O)[C@@H]3O)cc-2c(O)c1. The summed E-state index contributed by atoms with van der Waals surface area (Å²) in [7, 11) is 0. The van der Waals surface area contributed by atoms with Crippen molar-refractivity contribution in [2.45, 2.75) is 30.7 Å². The van der Waals surface area contributed by atoms with E-state index < -0.39 is 71.7 Å². The molecule has 0 saturated carbocycles. The van der Waals surface area contributed by atoms with Crippen LogP contribution in [0.25, 0.3) is 28.7 Å². The molecule has 14 nitrogen and oxygen atoms in total. The second kappa shape index (κ2) is 12.1. The highest BCUT2D eigenvalue weighted by Gasteiger charge is 2.47. The molecule has 2 heterocycles. The van der Waals surface area contributed by atoms with Crippen LogP contribution in [-0.4, -0.2) is 88.9 Å². The monoisotopic (exact) mass is 611 g/mol. The number of aromatic hydroxyl groups is 5. The summed E-state index contributed by atoms with van der Waals surface area (Å²) in [6.45, 7) is -0.516. The van der Waals surface area contributed by atoms with Crippen LogP contribution in [0.15, 0.2) is 69.9 Å². The highest BCUT2D eigenvalue weighted by molar-refractivity contribution is 5.88. The number of ether oxygens (including phenoxy) is 3. The van der Waals surface area contributed by atoms with E-state index in [-0.39, 0.29) is 34.1 Å². The van der Waals surface area contributed by atoms with E-state index >= 15 is 0 Å². The minimum Gasteiger partial charge on any atom is -0.508 e. The number of aliphatic hydroxyl groups is 3. The molecule has 0 bridgehead atoms. The first kappa shape index (κ1) is 30.2. The Hall–Kier alpha value is -5.28. The summed E-state index contributed by atoms with van der Waals surface area (Å²) in [4.78, 5) is 22.1. The zero-order valence-electron chi connectivity index (χ0n) is 22.5. The number of rotatable bonds is 7. The van der Waals surface area contributed by atoms with Crippen molar-refractivity contribution in [2.24, 2.45) is 0 Å². The second-order valence-electron chi connectivity index (χ2n) is 9.86. The van der Waals surface area contributed by atoms with Gasteiger partial charge in [-0.2, -0.15) is 0 Å². The molecule has 44 heavy (non-hydrogen) atoms. The fourth-order valence-corrected chi connectivity index (χ4v) is 4.44. The molecule has 5 atom stereocenters. The van der Waals surface area contributed by atoms with Crippen LogP contribution in [-0.2, 0) is 9.47 Å². The normalized spacial score (nSPS) is 21.8. The van der Waals surface area contributed by atoms with Crippen molar-refractivity contribution in [1.29, 1.82) is 0 Å². The molecule has 14 heteroatoms. The van der Waals surface area contributed by atoms with Crippen molar-refractivity contribution < 1.29 is 64.3 Å². The Labute approximate surface area is 247 Å². The van der Waals surface area contributed by atoms with E-state index in [0.717, 1.165) is 24.3 Å². The number of phenols is 5. The van der Waals surface area contributed by atoms with Crippen molar-refractivity contribution in [2.75, 3.05) is 6.61 Å². The van der Waals surface area contributed by atoms with Gasteiger partial charge < -0.3 is 64.3 Å². The topological polar surface area (TPSA) is 241 Å². The Balaban J connectivity index is 1.42. The molecule has 0 spiro atoms. The first-order chi connectivity index (χ1) is 20.9. The molecule has 3 aliphatic rings. The third-order valence-electron chi connectivity index (χ3n) is 6.76. The van der Waals surface area contributed by atoms with Crippen LogP contribution < -0.4 is 10.2 Å². The highest BCUT2D eigenvalue weighted by Crippen LogP contribution is 2.45. The lowest BCUT2D eigenvalue weighted by molar-refractivity contribution is -0.276. The summed E-state index contributed by atoms with van der Waals surface area (Å²) in [6.07, 6.45) is -5.76. The molecule has 1 aliphatic carbocycles. The fourth-order valence-electron chi connectivity index (χ4n) is 4.44. The summed E-state index contributed by atoms with van der Waals surface area (Å²) >= 11 is 0. The summed E-state index contributed by atoms with van der Waals surface area (Å²) in [6, 6.07) is 11.2. The maximum Gasteiger partial charge on any atom is 0.510 e. The predicted molar refractivity (Wildman–Crippen MR) is 151 cm³/mol. The van der Waals surface area contributed by atoms with Gasteiger partial charge in [0.05, 0.1) is 11.6 Å². The van der Waals surface area contributed by atoms with Gasteiger partial charge in [-0.25, -0.2) is 0 Å². The van der Waals surface area contributed by atoms with E-state index in [1.165, 1.54) is 30.4 Å². The van der Waals surface area contributed by atoms with E-state index in [4.69, 9.17) is 18.6 Å². The maximum absolute atomic E-state index is 12.0. The number of esters is 1. The summed E-state index contributed by atoms with van der Waals surface area (Å²) < 4.78 is 22.5. The zero-order chi connectivity index (χ0) is 31.7. The molecule has 1 fully saturated rings. The Morgan fingerprint density at radius 1 is 0.864 bits per heavy atom. The number of hydrogen-bond donors (Lipinski definition) is 8. The van der Waals surface area contributed by atoms with Gasteiger partial charge in [0.25, 0.3) is 0 Å². The van der Waals surface area contributed by atoms with Gasteiger partial charge in [0.15, 0.2) is 40.3 Å². The van der Waals surface area contributed by atoms with E-state index in [1.807, 2.05) is 0 Å². The molecular weight excluding hydrogens is 584 g/mol. The molecular formula is C30H27O14+. The molecule has 1 saturated heterocycles. The third-order valence-corrected chi connectivity index (χ3v) is 6.76. The van der Waals surface area contributed by atoms with Gasteiger partial charge >= 0.3 is 5.97 Å². The van der Waals surface area contributed by atoms with Crippen LogP contribution in [0.1, 0.15) is 5.56 Å². The Kier molecular flexibility index (Phi) is 8.33. The number of hydrogen-bond acceptors (Lipinski definition) is 13. The summed E-state index contributed by atoms with van der Waals surface area (Å²) in [5.74, 6) is -3.96. The molecule has 0 aromatic heterocycles. The van der Waals surface area contributed by atoms with Crippen molar-refractivity contribution in [1.82, 2.24) is 0 Å². The highest BCUT2D eigenvalue weighted by atomic mass is 16.7. The van der Waals surface area contributed by atoms with Crippen molar-refractivity contribution in [3.63, 3.8) is 0 Å². The molecule has 2 aliphatic heterocycles. The molecule has 0 unspecified atom stereocenters. The number of phenolic OH excluding ortho intramolecular Hbond substituents is 5. The molecule has 9 N–H and O–H groups in total. The molecule has 2 aromatic carbocycles. The van der Waals surface area contributed by atoms with E-state index in [2.05, 4.69) is 0 Å². The number of aliphatic hydroxyl groups excluding tert-OH is 3. The van der Waals surface area contributed by atoms with Crippen molar-refractivity contribution in [3.8, 4) is 57.1 Å². The smallest absolute Gasteiger partial charge is 0.508 e. The lowest BCUT2D eigenvalue weighted by Crippen LogP contribution is -2.60. The fraction of sp³-hybridized carbons (Fsp3) is 0.200. The lowest BCUT2D eigenvalue weighted by atomic mass is 9.99. The Bertz CT molecular complexity index is 1700. The number of fused-ring (bicyclic) bond motifs is 1. The first-order valence-electron chi connectivity index (χ1n) is 13.0. The second-order valence-corrected chi connectivity index (χ2v) is 9.86. The van der Waals surface area contributed by atoms with E-state index in [1.54, 1.807) is 12.1 Å². The molecule has 2 aromatic rings.